The number of rotatable bonds is 3. The van der Waals surface area contributed by atoms with Crippen LogP contribution in [-0.2, 0) is 7.05 Å². The molecule has 7 nitrogen and oxygen atoms in total. The van der Waals surface area contributed by atoms with Crippen molar-refractivity contribution >= 4 is 22.8 Å². The molecule has 0 aliphatic rings. The molecule has 0 aliphatic carbocycles. The third kappa shape index (κ3) is 2.65. The Balaban J connectivity index is 2.22. The minimum absolute atomic E-state index is 0.0665. The van der Waals surface area contributed by atoms with Gasteiger partial charge in [-0.2, -0.15) is 5.10 Å². The number of aromatic nitrogens is 3. The minimum atomic E-state index is -0.281. The van der Waals surface area contributed by atoms with Gasteiger partial charge in [0.1, 0.15) is 0 Å². The number of aryl methyl sites for hydroxylation is 2. The molecule has 2 aromatic rings. The summed E-state index contributed by atoms with van der Waals surface area (Å²) in [6.07, 6.45) is 1.59. The van der Waals surface area contributed by atoms with Crippen molar-refractivity contribution in [1.82, 2.24) is 19.7 Å². The molecule has 0 saturated carbocycles. The first-order valence-electron chi connectivity index (χ1n) is 5.95. The zero-order valence-corrected chi connectivity index (χ0v) is 11.2. The fraction of sp³-hybridized carbons (Fsp3) is 0.417. The summed E-state index contributed by atoms with van der Waals surface area (Å²) in [4.78, 5) is 17.5. The predicted octanol–water partition coefficient (Wildman–Crippen LogP) is 0.733. The molecule has 0 bridgehead atoms. The average molecular weight is 263 g/mol. The first-order chi connectivity index (χ1) is 9.02. The molecule has 19 heavy (non-hydrogen) atoms. The normalized spacial score (nSPS) is 10.7. The van der Waals surface area contributed by atoms with Crippen LogP contribution in [0.25, 0.3) is 11.0 Å². The smallest absolute Gasteiger partial charge is 0.321 e. The molecule has 0 aliphatic heterocycles. The van der Waals surface area contributed by atoms with Crippen LogP contribution in [0.1, 0.15) is 5.69 Å². The summed E-state index contributed by atoms with van der Waals surface area (Å²) >= 11 is 0. The molecule has 2 rings (SSSR count). The number of pyridine rings is 1. The number of anilines is 1. The minimum Gasteiger partial charge on any atom is -0.395 e. The van der Waals surface area contributed by atoms with E-state index in [2.05, 4.69) is 15.4 Å². The van der Waals surface area contributed by atoms with E-state index in [1.165, 1.54) is 4.90 Å². The van der Waals surface area contributed by atoms with Gasteiger partial charge in [-0.15, -0.1) is 0 Å². The first kappa shape index (κ1) is 13.3. The van der Waals surface area contributed by atoms with E-state index in [0.29, 0.717) is 5.69 Å². The number of aliphatic hydroxyl groups excluding tert-OH is 1. The molecule has 102 valence electrons. The van der Waals surface area contributed by atoms with Gasteiger partial charge in [-0.25, -0.2) is 9.78 Å². The highest BCUT2D eigenvalue weighted by atomic mass is 16.3. The van der Waals surface area contributed by atoms with E-state index in [1.54, 1.807) is 17.9 Å². The van der Waals surface area contributed by atoms with Crippen LogP contribution in [0.5, 0.6) is 0 Å². The van der Waals surface area contributed by atoms with Crippen molar-refractivity contribution in [1.29, 1.82) is 0 Å². The Bertz CT molecular complexity index is 607. The van der Waals surface area contributed by atoms with Gasteiger partial charge in [0, 0.05) is 26.0 Å². The molecule has 2 N–H and O–H groups in total. The number of hydrogen-bond donors (Lipinski definition) is 2. The average Bonchev–Trinajstić information content (AvgIpc) is 2.65. The molecule has 7 heteroatoms. The van der Waals surface area contributed by atoms with Crippen LogP contribution in [0.3, 0.4) is 0 Å². The number of nitrogens with zero attached hydrogens (tertiary/aromatic N) is 4. The lowest BCUT2D eigenvalue weighted by Gasteiger charge is -2.16. The van der Waals surface area contributed by atoms with Crippen molar-refractivity contribution < 1.29 is 9.90 Å². The van der Waals surface area contributed by atoms with Gasteiger partial charge in [-0.1, -0.05) is 0 Å². The van der Waals surface area contributed by atoms with Crippen molar-refractivity contribution in [3.8, 4) is 0 Å². The van der Waals surface area contributed by atoms with Crippen molar-refractivity contribution in [3.63, 3.8) is 0 Å². The summed E-state index contributed by atoms with van der Waals surface area (Å²) in [7, 11) is 3.45. The Morgan fingerprint density at radius 3 is 3.00 bits per heavy atom. The first-order valence-corrected chi connectivity index (χ1v) is 5.95. The van der Waals surface area contributed by atoms with Gasteiger partial charge in [0.25, 0.3) is 0 Å². The molecule has 0 unspecified atom stereocenters. The molecule has 0 aromatic carbocycles. The number of carbonyl (C=O) groups is 1. The third-order valence-electron chi connectivity index (χ3n) is 2.90. The van der Waals surface area contributed by atoms with Gasteiger partial charge in [0.15, 0.2) is 5.65 Å². The number of likely N-dealkylation sites (N-methyl/N-ethyl adjacent to an activating group) is 1. The highest BCUT2D eigenvalue weighted by Crippen LogP contribution is 2.19. The fourth-order valence-corrected chi connectivity index (χ4v) is 1.85. The SMILES string of the molecule is Cc1nn(C)c2ncc(NC(=O)N(C)CCO)cc12. The van der Waals surface area contributed by atoms with Crippen LogP contribution in [0, 0.1) is 6.92 Å². The summed E-state index contributed by atoms with van der Waals surface area (Å²) in [6.45, 7) is 2.11. The Kier molecular flexibility index (Phi) is 3.66. The van der Waals surface area contributed by atoms with Crippen molar-refractivity contribution in [2.45, 2.75) is 6.92 Å². The molecule has 2 aromatic heterocycles. The van der Waals surface area contributed by atoms with E-state index in [1.807, 2.05) is 20.0 Å². The summed E-state index contributed by atoms with van der Waals surface area (Å²) in [5.74, 6) is 0. The van der Waals surface area contributed by atoms with Gasteiger partial charge in [-0.3, -0.25) is 4.68 Å². The van der Waals surface area contributed by atoms with Crippen LogP contribution < -0.4 is 5.32 Å². The standard InChI is InChI=1S/C12H17N5O2/c1-8-10-6-9(7-13-11(10)17(3)15-8)14-12(19)16(2)4-5-18/h6-7,18H,4-5H2,1-3H3,(H,14,19). The summed E-state index contributed by atoms with van der Waals surface area (Å²) in [6, 6.07) is 1.56. The van der Waals surface area contributed by atoms with Crippen molar-refractivity contribution in [3.05, 3.63) is 18.0 Å². The number of urea groups is 1. The molecule has 0 radical (unpaired) electrons. The third-order valence-corrected chi connectivity index (χ3v) is 2.90. The zero-order chi connectivity index (χ0) is 14.0. The lowest BCUT2D eigenvalue weighted by atomic mass is 10.2. The van der Waals surface area contributed by atoms with E-state index in [9.17, 15) is 4.79 Å². The van der Waals surface area contributed by atoms with Crippen LogP contribution >= 0.6 is 0 Å². The molecular weight excluding hydrogens is 246 g/mol. The fourth-order valence-electron chi connectivity index (χ4n) is 1.85. The van der Waals surface area contributed by atoms with Gasteiger partial charge < -0.3 is 15.3 Å². The topological polar surface area (TPSA) is 83.3 Å². The van der Waals surface area contributed by atoms with Crippen LogP contribution in [-0.4, -0.2) is 51.0 Å². The number of carbonyl (C=O) groups excluding carboxylic acids is 1. The number of amides is 2. The van der Waals surface area contributed by atoms with Gasteiger partial charge in [-0.05, 0) is 13.0 Å². The summed E-state index contributed by atoms with van der Waals surface area (Å²) in [5.41, 5.74) is 2.25. The quantitative estimate of drug-likeness (QED) is 0.855. The maximum atomic E-state index is 11.8. The second kappa shape index (κ2) is 5.23. The van der Waals surface area contributed by atoms with E-state index in [-0.39, 0.29) is 19.2 Å². The van der Waals surface area contributed by atoms with E-state index in [0.717, 1.165) is 16.7 Å². The van der Waals surface area contributed by atoms with Crippen LogP contribution in [0.15, 0.2) is 12.3 Å². The number of nitrogens with one attached hydrogen (secondary N) is 1. The zero-order valence-electron chi connectivity index (χ0n) is 11.2. The molecule has 2 heterocycles. The Labute approximate surface area is 110 Å². The van der Waals surface area contributed by atoms with Crippen LogP contribution in [0.2, 0.25) is 0 Å². The monoisotopic (exact) mass is 263 g/mol. The maximum Gasteiger partial charge on any atom is 0.321 e. The Hall–Kier alpha value is -2.15. The van der Waals surface area contributed by atoms with E-state index >= 15 is 0 Å². The molecular formula is C12H17N5O2. The molecule has 0 atom stereocenters. The molecule has 0 spiro atoms. The van der Waals surface area contributed by atoms with Crippen molar-refractivity contribution in [2.24, 2.45) is 7.05 Å². The Morgan fingerprint density at radius 1 is 1.58 bits per heavy atom. The maximum absolute atomic E-state index is 11.8. The van der Waals surface area contributed by atoms with Gasteiger partial charge >= 0.3 is 6.03 Å². The van der Waals surface area contributed by atoms with Crippen LogP contribution in [0.4, 0.5) is 10.5 Å². The molecule has 2 amide bonds. The lowest BCUT2D eigenvalue weighted by molar-refractivity contribution is 0.202. The highest BCUT2D eigenvalue weighted by molar-refractivity contribution is 5.91. The lowest BCUT2D eigenvalue weighted by Crippen LogP contribution is -2.33. The summed E-state index contributed by atoms with van der Waals surface area (Å²) in [5, 5.41) is 16.7. The second-order valence-corrected chi connectivity index (χ2v) is 4.38. The predicted molar refractivity (Wildman–Crippen MR) is 72.0 cm³/mol. The van der Waals surface area contributed by atoms with E-state index < -0.39 is 0 Å². The Morgan fingerprint density at radius 2 is 2.32 bits per heavy atom. The second-order valence-electron chi connectivity index (χ2n) is 4.38. The van der Waals surface area contributed by atoms with Gasteiger partial charge in [0.2, 0.25) is 0 Å². The number of fused-ring (bicyclic) bond motifs is 1. The summed E-state index contributed by atoms with van der Waals surface area (Å²) < 4.78 is 1.70. The van der Waals surface area contributed by atoms with Crippen molar-refractivity contribution in [2.75, 3.05) is 25.5 Å². The van der Waals surface area contributed by atoms with Gasteiger partial charge in [0.05, 0.1) is 24.2 Å². The molecule has 0 fully saturated rings. The largest absolute Gasteiger partial charge is 0.395 e. The van der Waals surface area contributed by atoms with E-state index in [4.69, 9.17) is 5.11 Å². The highest BCUT2D eigenvalue weighted by Gasteiger charge is 2.11. The molecule has 0 saturated heterocycles. The number of aliphatic hydroxyl groups is 1. The number of hydrogen-bond acceptors (Lipinski definition) is 4.